The van der Waals surface area contributed by atoms with Crippen molar-refractivity contribution in [3.8, 4) is 5.75 Å². The maximum absolute atomic E-state index is 12.5. The number of anilines is 1. The van der Waals surface area contributed by atoms with E-state index in [4.69, 9.17) is 16.3 Å². The lowest BCUT2D eigenvalue weighted by molar-refractivity contribution is -0.122. The molecule has 6 heteroatoms. The number of rotatable bonds is 5. The predicted molar refractivity (Wildman–Crippen MR) is 105 cm³/mol. The molecule has 0 saturated heterocycles. The summed E-state index contributed by atoms with van der Waals surface area (Å²) in [6, 6.07) is 10.6. The fraction of sp³-hybridized carbons (Fsp3) is 0.333. The summed E-state index contributed by atoms with van der Waals surface area (Å²) < 4.78 is 10.5. The first kappa shape index (κ1) is 19.2. The second-order valence-corrected chi connectivity index (χ2v) is 6.98. The molecular weight excluding hydrogens is 366 g/mol. The van der Waals surface area contributed by atoms with E-state index in [0.29, 0.717) is 22.0 Å². The smallest absolute Gasteiger partial charge is 0.337 e. The van der Waals surface area contributed by atoms with Crippen LogP contribution in [0.5, 0.6) is 5.75 Å². The highest BCUT2D eigenvalue weighted by atomic mass is 35.5. The zero-order chi connectivity index (χ0) is 19.4. The van der Waals surface area contributed by atoms with Crippen LogP contribution in [-0.4, -0.2) is 25.1 Å². The number of carbonyl (C=O) groups excluding carboxylic acids is 2. The van der Waals surface area contributed by atoms with Gasteiger partial charge in [-0.25, -0.2) is 4.79 Å². The van der Waals surface area contributed by atoms with Crippen molar-refractivity contribution < 1.29 is 19.1 Å². The third kappa shape index (κ3) is 4.61. The van der Waals surface area contributed by atoms with Gasteiger partial charge < -0.3 is 14.8 Å². The predicted octanol–water partition coefficient (Wildman–Crippen LogP) is 4.41. The van der Waals surface area contributed by atoms with E-state index >= 15 is 0 Å². The Morgan fingerprint density at radius 1 is 1.07 bits per heavy atom. The number of aryl methyl sites for hydroxylation is 2. The molecule has 2 aromatic carbocycles. The van der Waals surface area contributed by atoms with E-state index < -0.39 is 12.1 Å². The molecule has 142 valence electrons. The van der Waals surface area contributed by atoms with E-state index in [1.165, 1.54) is 43.2 Å². The molecule has 1 amide bonds. The van der Waals surface area contributed by atoms with Gasteiger partial charge in [-0.3, -0.25) is 4.79 Å². The van der Waals surface area contributed by atoms with E-state index in [1.54, 1.807) is 13.0 Å². The number of amides is 1. The summed E-state index contributed by atoms with van der Waals surface area (Å²) in [4.78, 5) is 24.2. The molecule has 1 aliphatic carbocycles. The monoisotopic (exact) mass is 387 g/mol. The van der Waals surface area contributed by atoms with Crippen LogP contribution >= 0.6 is 11.6 Å². The van der Waals surface area contributed by atoms with E-state index in [0.717, 1.165) is 12.8 Å². The first-order chi connectivity index (χ1) is 13.0. The Labute approximate surface area is 163 Å². The van der Waals surface area contributed by atoms with Crippen LogP contribution in [-0.2, 0) is 22.4 Å². The number of halogens is 1. The van der Waals surface area contributed by atoms with Crippen LogP contribution in [0.2, 0.25) is 5.02 Å². The maximum atomic E-state index is 12.5. The molecule has 3 rings (SSSR count). The second-order valence-electron chi connectivity index (χ2n) is 6.57. The molecule has 0 saturated carbocycles. The average Bonchev–Trinajstić information content (AvgIpc) is 2.68. The largest absolute Gasteiger partial charge is 0.481 e. The van der Waals surface area contributed by atoms with Gasteiger partial charge >= 0.3 is 5.97 Å². The SMILES string of the molecule is COC(=O)c1ccc(Cl)c(NC(=O)[C@@H](C)Oc2ccc3c(c2)CCCC3)c1. The summed E-state index contributed by atoms with van der Waals surface area (Å²) in [6.45, 7) is 1.67. The van der Waals surface area contributed by atoms with Crippen molar-refractivity contribution in [2.75, 3.05) is 12.4 Å². The number of benzene rings is 2. The van der Waals surface area contributed by atoms with Crippen LogP contribution in [0.3, 0.4) is 0 Å². The molecule has 0 heterocycles. The Hall–Kier alpha value is -2.53. The second kappa shape index (κ2) is 8.44. The highest BCUT2D eigenvalue weighted by molar-refractivity contribution is 6.33. The lowest BCUT2D eigenvalue weighted by Gasteiger charge is -2.19. The molecule has 1 N–H and O–H groups in total. The quantitative estimate of drug-likeness (QED) is 0.772. The molecule has 0 aliphatic heterocycles. The van der Waals surface area contributed by atoms with Gasteiger partial charge in [0.15, 0.2) is 6.10 Å². The van der Waals surface area contributed by atoms with Gasteiger partial charge in [0, 0.05) is 0 Å². The third-order valence-corrected chi connectivity index (χ3v) is 4.98. The van der Waals surface area contributed by atoms with E-state index in [1.807, 2.05) is 12.1 Å². The van der Waals surface area contributed by atoms with Crippen molar-refractivity contribution in [1.82, 2.24) is 0 Å². The van der Waals surface area contributed by atoms with Gasteiger partial charge in [-0.1, -0.05) is 17.7 Å². The van der Waals surface area contributed by atoms with Crippen molar-refractivity contribution in [3.63, 3.8) is 0 Å². The van der Waals surface area contributed by atoms with Gasteiger partial charge in [0.05, 0.1) is 23.4 Å². The Kier molecular flexibility index (Phi) is 6.01. The summed E-state index contributed by atoms with van der Waals surface area (Å²) >= 11 is 6.12. The van der Waals surface area contributed by atoms with Crippen molar-refractivity contribution in [2.24, 2.45) is 0 Å². The minimum atomic E-state index is -0.718. The lowest BCUT2D eigenvalue weighted by atomic mass is 9.92. The van der Waals surface area contributed by atoms with Crippen LogP contribution in [0.4, 0.5) is 5.69 Å². The fourth-order valence-electron chi connectivity index (χ4n) is 3.14. The zero-order valence-electron chi connectivity index (χ0n) is 15.4. The summed E-state index contributed by atoms with van der Waals surface area (Å²) in [5.41, 5.74) is 3.29. The van der Waals surface area contributed by atoms with Crippen LogP contribution in [0.15, 0.2) is 36.4 Å². The molecule has 0 fully saturated rings. The zero-order valence-corrected chi connectivity index (χ0v) is 16.1. The first-order valence-electron chi connectivity index (χ1n) is 8.95. The maximum Gasteiger partial charge on any atom is 0.337 e. The van der Waals surface area contributed by atoms with Gasteiger partial charge in [-0.15, -0.1) is 0 Å². The van der Waals surface area contributed by atoms with Crippen LogP contribution in [0.25, 0.3) is 0 Å². The third-order valence-electron chi connectivity index (χ3n) is 4.65. The number of fused-ring (bicyclic) bond motifs is 1. The van der Waals surface area contributed by atoms with Crippen LogP contribution in [0.1, 0.15) is 41.3 Å². The van der Waals surface area contributed by atoms with Crippen LogP contribution < -0.4 is 10.1 Å². The fourth-order valence-corrected chi connectivity index (χ4v) is 3.31. The van der Waals surface area contributed by atoms with Crippen molar-refractivity contribution >= 4 is 29.2 Å². The summed E-state index contributed by atoms with van der Waals surface area (Å²) in [5, 5.41) is 3.04. The Morgan fingerprint density at radius 2 is 1.81 bits per heavy atom. The molecule has 2 aromatic rings. The van der Waals surface area contributed by atoms with Crippen molar-refractivity contribution in [1.29, 1.82) is 0 Å². The number of hydrogen-bond acceptors (Lipinski definition) is 4. The first-order valence-corrected chi connectivity index (χ1v) is 9.33. The molecule has 0 aromatic heterocycles. The molecular formula is C21H22ClNO4. The molecule has 0 radical (unpaired) electrons. The van der Waals surface area contributed by atoms with E-state index in [9.17, 15) is 9.59 Å². The molecule has 1 aliphatic rings. The normalized spacial score (nSPS) is 14.0. The summed E-state index contributed by atoms with van der Waals surface area (Å²) in [6.07, 6.45) is 3.83. The van der Waals surface area contributed by atoms with Crippen LogP contribution in [0, 0.1) is 0 Å². The number of methoxy groups -OCH3 is 1. The minimum absolute atomic E-state index is 0.306. The Morgan fingerprint density at radius 3 is 2.56 bits per heavy atom. The lowest BCUT2D eigenvalue weighted by Crippen LogP contribution is -2.30. The van der Waals surface area contributed by atoms with E-state index in [2.05, 4.69) is 16.1 Å². The topological polar surface area (TPSA) is 64.6 Å². The highest BCUT2D eigenvalue weighted by Crippen LogP contribution is 2.27. The van der Waals surface area contributed by atoms with Gasteiger partial charge in [0.1, 0.15) is 5.75 Å². The average molecular weight is 388 g/mol. The minimum Gasteiger partial charge on any atom is -0.481 e. The van der Waals surface area contributed by atoms with Crippen molar-refractivity contribution in [3.05, 3.63) is 58.1 Å². The van der Waals surface area contributed by atoms with E-state index in [-0.39, 0.29) is 5.91 Å². The Balaban J connectivity index is 1.68. The molecule has 27 heavy (non-hydrogen) atoms. The Bertz CT molecular complexity index is 865. The highest BCUT2D eigenvalue weighted by Gasteiger charge is 2.18. The standard InChI is InChI=1S/C21H22ClNO4/c1-13(27-17-9-7-14-5-3-4-6-15(14)11-17)20(24)23-19-12-16(21(25)26-2)8-10-18(19)22/h7-13H,3-6H2,1-2H3,(H,23,24)/t13-/m1/s1. The van der Waals surface area contributed by atoms with Gasteiger partial charge in [0.2, 0.25) is 0 Å². The summed E-state index contributed by atoms with van der Waals surface area (Å²) in [5.74, 6) is -0.176. The number of hydrogen-bond donors (Lipinski definition) is 1. The molecule has 0 unspecified atom stereocenters. The molecule has 0 spiro atoms. The molecule has 5 nitrogen and oxygen atoms in total. The molecule has 0 bridgehead atoms. The summed E-state index contributed by atoms with van der Waals surface area (Å²) in [7, 11) is 1.30. The number of carbonyl (C=O) groups is 2. The van der Waals surface area contributed by atoms with Gasteiger partial charge in [0.25, 0.3) is 5.91 Å². The number of esters is 1. The number of ether oxygens (including phenoxy) is 2. The van der Waals surface area contributed by atoms with Crippen molar-refractivity contribution in [2.45, 2.75) is 38.7 Å². The number of nitrogens with one attached hydrogen (secondary N) is 1. The van der Waals surface area contributed by atoms with Gasteiger partial charge in [-0.2, -0.15) is 0 Å². The van der Waals surface area contributed by atoms with Gasteiger partial charge in [-0.05, 0) is 74.1 Å². The molecule has 1 atom stereocenters.